The zero-order valence-corrected chi connectivity index (χ0v) is 10.4. The molecule has 1 aliphatic rings. The molecule has 1 aromatic rings. The summed E-state index contributed by atoms with van der Waals surface area (Å²) in [5.41, 5.74) is 0.159. The molecule has 1 amide bonds. The van der Waals surface area contributed by atoms with E-state index in [4.69, 9.17) is 4.74 Å². The molecule has 5 heteroatoms. The van der Waals surface area contributed by atoms with E-state index >= 15 is 0 Å². The van der Waals surface area contributed by atoms with Gasteiger partial charge in [-0.05, 0) is 31.9 Å². The normalized spacial score (nSPS) is 19.9. The van der Waals surface area contributed by atoms with Crippen LogP contribution < -0.4 is 0 Å². The number of hydrogen-bond donors (Lipinski definition) is 0. The number of nitrogens with zero attached hydrogens (tertiary/aromatic N) is 2. The van der Waals surface area contributed by atoms with Crippen molar-refractivity contribution in [1.29, 1.82) is 0 Å². The average Bonchev–Trinajstić information content (AvgIpc) is 2.39. The zero-order valence-electron chi connectivity index (χ0n) is 10.4. The van der Waals surface area contributed by atoms with Crippen LogP contribution in [0, 0.1) is 5.95 Å². The molecule has 0 aromatic carbocycles. The van der Waals surface area contributed by atoms with E-state index < -0.39 is 5.95 Å². The Kier molecular flexibility index (Phi) is 4.25. The maximum Gasteiger partial charge on any atom is 0.272 e. The SMILES string of the molecule is CCOC1CCCN(C(=O)c2cccc(F)n2)C1. The third-order valence-electron chi connectivity index (χ3n) is 3.00. The molecule has 4 nitrogen and oxygen atoms in total. The molecule has 1 unspecified atom stereocenters. The minimum absolute atomic E-state index is 0.0845. The van der Waals surface area contributed by atoms with Crippen molar-refractivity contribution in [3.63, 3.8) is 0 Å². The lowest BCUT2D eigenvalue weighted by Gasteiger charge is -2.32. The Balaban J connectivity index is 2.04. The highest BCUT2D eigenvalue weighted by Crippen LogP contribution is 2.15. The molecular formula is C13H17FN2O2. The van der Waals surface area contributed by atoms with Crippen LogP contribution in [0.4, 0.5) is 4.39 Å². The number of rotatable bonds is 3. The molecule has 0 bridgehead atoms. The number of ether oxygens (including phenoxy) is 1. The van der Waals surface area contributed by atoms with Crippen molar-refractivity contribution < 1.29 is 13.9 Å². The molecule has 98 valence electrons. The summed E-state index contributed by atoms with van der Waals surface area (Å²) < 4.78 is 18.5. The standard InChI is InChI=1S/C13H17FN2O2/c1-2-18-10-5-4-8-16(9-10)13(17)11-6-3-7-12(14)15-11/h3,6-7,10H,2,4-5,8-9H2,1H3. The molecule has 18 heavy (non-hydrogen) atoms. The highest BCUT2D eigenvalue weighted by Gasteiger charge is 2.25. The van der Waals surface area contributed by atoms with Gasteiger partial charge in [-0.2, -0.15) is 4.39 Å². The van der Waals surface area contributed by atoms with Crippen LogP contribution in [0.15, 0.2) is 18.2 Å². The first-order valence-corrected chi connectivity index (χ1v) is 6.24. The minimum atomic E-state index is -0.626. The van der Waals surface area contributed by atoms with E-state index in [0.29, 0.717) is 19.7 Å². The summed E-state index contributed by atoms with van der Waals surface area (Å²) in [4.78, 5) is 17.4. The van der Waals surface area contributed by atoms with Crippen LogP contribution in [0.25, 0.3) is 0 Å². The van der Waals surface area contributed by atoms with Crippen molar-refractivity contribution in [2.45, 2.75) is 25.9 Å². The van der Waals surface area contributed by atoms with Gasteiger partial charge >= 0.3 is 0 Å². The Hall–Kier alpha value is -1.49. The van der Waals surface area contributed by atoms with E-state index in [1.165, 1.54) is 18.2 Å². The number of piperidine rings is 1. The number of hydrogen-bond acceptors (Lipinski definition) is 3. The van der Waals surface area contributed by atoms with Gasteiger partial charge in [0.25, 0.3) is 5.91 Å². The van der Waals surface area contributed by atoms with E-state index in [-0.39, 0.29) is 17.7 Å². The van der Waals surface area contributed by atoms with E-state index in [1.54, 1.807) is 4.90 Å². The number of carbonyl (C=O) groups is 1. The molecule has 1 aliphatic heterocycles. The lowest BCUT2D eigenvalue weighted by Crippen LogP contribution is -2.43. The van der Waals surface area contributed by atoms with E-state index in [0.717, 1.165) is 12.8 Å². The molecular weight excluding hydrogens is 235 g/mol. The van der Waals surface area contributed by atoms with Gasteiger partial charge in [-0.3, -0.25) is 4.79 Å². The van der Waals surface area contributed by atoms with Gasteiger partial charge in [-0.1, -0.05) is 6.07 Å². The van der Waals surface area contributed by atoms with Crippen LogP contribution in [0.2, 0.25) is 0 Å². The van der Waals surface area contributed by atoms with Gasteiger partial charge in [0.1, 0.15) is 5.69 Å². The van der Waals surface area contributed by atoms with Gasteiger partial charge < -0.3 is 9.64 Å². The van der Waals surface area contributed by atoms with Gasteiger partial charge in [0, 0.05) is 19.7 Å². The van der Waals surface area contributed by atoms with Crippen LogP contribution in [0.5, 0.6) is 0 Å². The van der Waals surface area contributed by atoms with Crippen molar-refractivity contribution in [2.75, 3.05) is 19.7 Å². The highest BCUT2D eigenvalue weighted by atomic mass is 19.1. The minimum Gasteiger partial charge on any atom is -0.377 e. The van der Waals surface area contributed by atoms with Crippen LogP contribution in [-0.2, 0) is 4.74 Å². The molecule has 2 rings (SSSR count). The van der Waals surface area contributed by atoms with Crippen molar-refractivity contribution in [1.82, 2.24) is 9.88 Å². The predicted octanol–water partition coefficient (Wildman–Crippen LogP) is 1.86. The Morgan fingerprint density at radius 2 is 2.44 bits per heavy atom. The summed E-state index contributed by atoms with van der Waals surface area (Å²) in [7, 11) is 0. The second-order valence-corrected chi connectivity index (χ2v) is 4.32. The molecule has 0 saturated carbocycles. The Morgan fingerprint density at radius 1 is 1.61 bits per heavy atom. The van der Waals surface area contributed by atoms with Gasteiger partial charge in [-0.25, -0.2) is 4.98 Å². The van der Waals surface area contributed by atoms with Gasteiger partial charge in [0.15, 0.2) is 0 Å². The monoisotopic (exact) mass is 252 g/mol. The fourth-order valence-electron chi connectivity index (χ4n) is 2.18. The van der Waals surface area contributed by atoms with Crippen LogP contribution in [0.3, 0.4) is 0 Å². The van der Waals surface area contributed by atoms with Gasteiger partial charge in [-0.15, -0.1) is 0 Å². The second kappa shape index (κ2) is 5.91. The summed E-state index contributed by atoms with van der Waals surface area (Å²) in [6, 6.07) is 4.27. The first kappa shape index (κ1) is 13.0. The van der Waals surface area contributed by atoms with Crippen LogP contribution in [-0.4, -0.2) is 41.6 Å². The first-order valence-electron chi connectivity index (χ1n) is 6.24. The largest absolute Gasteiger partial charge is 0.377 e. The summed E-state index contributed by atoms with van der Waals surface area (Å²) in [6.45, 7) is 3.82. The van der Waals surface area contributed by atoms with E-state index in [9.17, 15) is 9.18 Å². The summed E-state index contributed by atoms with van der Waals surface area (Å²) in [5.74, 6) is -0.849. The Morgan fingerprint density at radius 3 is 3.17 bits per heavy atom. The van der Waals surface area contributed by atoms with E-state index in [2.05, 4.69) is 4.98 Å². The fourth-order valence-corrected chi connectivity index (χ4v) is 2.18. The topological polar surface area (TPSA) is 42.4 Å². The highest BCUT2D eigenvalue weighted by molar-refractivity contribution is 5.92. The molecule has 0 radical (unpaired) electrons. The molecule has 0 aliphatic carbocycles. The van der Waals surface area contributed by atoms with Crippen LogP contribution in [0.1, 0.15) is 30.3 Å². The number of amides is 1. The quantitative estimate of drug-likeness (QED) is 0.771. The number of halogens is 1. The predicted molar refractivity (Wildman–Crippen MR) is 64.7 cm³/mol. The first-order chi connectivity index (χ1) is 8.70. The van der Waals surface area contributed by atoms with Gasteiger partial charge in [0.2, 0.25) is 5.95 Å². The summed E-state index contributed by atoms with van der Waals surface area (Å²) in [6.07, 6.45) is 1.96. The smallest absolute Gasteiger partial charge is 0.272 e. The van der Waals surface area contributed by atoms with Crippen molar-refractivity contribution >= 4 is 5.91 Å². The maximum absolute atomic E-state index is 13.0. The molecule has 1 atom stereocenters. The Labute approximate surface area is 106 Å². The summed E-state index contributed by atoms with van der Waals surface area (Å²) >= 11 is 0. The number of likely N-dealkylation sites (tertiary alicyclic amines) is 1. The zero-order chi connectivity index (χ0) is 13.0. The third-order valence-corrected chi connectivity index (χ3v) is 3.00. The molecule has 1 saturated heterocycles. The van der Waals surface area contributed by atoms with Crippen molar-refractivity contribution in [3.05, 3.63) is 29.8 Å². The Bertz CT molecular complexity index is 423. The molecule has 0 spiro atoms. The number of pyridine rings is 1. The maximum atomic E-state index is 13.0. The van der Waals surface area contributed by atoms with E-state index in [1.807, 2.05) is 6.92 Å². The third kappa shape index (κ3) is 3.04. The second-order valence-electron chi connectivity index (χ2n) is 4.32. The number of carbonyl (C=O) groups excluding carboxylic acids is 1. The molecule has 1 fully saturated rings. The molecule has 2 heterocycles. The number of aromatic nitrogens is 1. The summed E-state index contributed by atoms with van der Waals surface area (Å²) in [5, 5.41) is 0. The van der Waals surface area contributed by atoms with Crippen LogP contribution >= 0.6 is 0 Å². The van der Waals surface area contributed by atoms with Crippen molar-refractivity contribution in [3.8, 4) is 0 Å². The average molecular weight is 252 g/mol. The van der Waals surface area contributed by atoms with Crippen molar-refractivity contribution in [2.24, 2.45) is 0 Å². The molecule has 0 N–H and O–H groups in total. The lowest BCUT2D eigenvalue weighted by molar-refractivity contribution is 0.00700. The van der Waals surface area contributed by atoms with Gasteiger partial charge in [0.05, 0.1) is 6.10 Å². The lowest BCUT2D eigenvalue weighted by atomic mass is 10.1. The fraction of sp³-hybridized carbons (Fsp3) is 0.538. The molecule has 1 aromatic heterocycles.